The first-order chi connectivity index (χ1) is 13.3. The summed E-state index contributed by atoms with van der Waals surface area (Å²) in [6.07, 6.45) is 3.90. The molecule has 0 aliphatic carbocycles. The lowest BCUT2D eigenvalue weighted by molar-refractivity contribution is 0.206. The van der Waals surface area contributed by atoms with Crippen molar-refractivity contribution in [2.45, 2.75) is 33.1 Å². The van der Waals surface area contributed by atoms with Gasteiger partial charge in [0.2, 0.25) is 0 Å². The summed E-state index contributed by atoms with van der Waals surface area (Å²) in [5.74, 6) is 1.13. The molecule has 0 N–H and O–H groups in total. The van der Waals surface area contributed by atoms with Gasteiger partial charge in [0.15, 0.2) is 0 Å². The molecular weight excluding hydrogens is 334 g/mol. The van der Waals surface area contributed by atoms with Gasteiger partial charge in [0.25, 0.3) is 0 Å². The third-order valence-corrected chi connectivity index (χ3v) is 5.40. The van der Waals surface area contributed by atoms with Crippen molar-refractivity contribution in [1.82, 2.24) is 24.0 Å². The van der Waals surface area contributed by atoms with Crippen molar-refractivity contribution in [3.63, 3.8) is 0 Å². The van der Waals surface area contributed by atoms with Crippen molar-refractivity contribution < 1.29 is 0 Å². The third-order valence-electron chi connectivity index (χ3n) is 5.40. The summed E-state index contributed by atoms with van der Waals surface area (Å²) in [6, 6.07) is 17.2. The first-order valence-corrected chi connectivity index (χ1v) is 9.47. The fourth-order valence-electron chi connectivity index (χ4n) is 3.87. The highest BCUT2D eigenvalue weighted by atomic mass is 15.2. The van der Waals surface area contributed by atoms with Crippen molar-refractivity contribution >= 4 is 11.0 Å². The molecule has 0 atom stereocenters. The van der Waals surface area contributed by atoms with Crippen LogP contribution in [0.3, 0.4) is 0 Å². The number of imidazole rings is 2. The van der Waals surface area contributed by atoms with E-state index in [9.17, 15) is 0 Å². The van der Waals surface area contributed by atoms with Crippen molar-refractivity contribution in [3.05, 3.63) is 83.7 Å². The second-order valence-corrected chi connectivity index (χ2v) is 7.38. The first kappa shape index (κ1) is 16.3. The Bertz CT molecular complexity index is 1070. The number of para-hydroxylation sites is 2. The molecule has 5 nitrogen and oxygen atoms in total. The van der Waals surface area contributed by atoms with Gasteiger partial charge in [-0.05, 0) is 24.6 Å². The summed E-state index contributed by atoms with van der Waals surface area (Å²) in [4.78, 5) is 11.7. The molecule has 0 spiro atoms. The van der Waals surface area contributed by atoms with Gasteiger partial charge in [0.1, 0.15) is 5.82 Å². The lowest BCUT2D eigenvalue weighted by Gasteiger charge is -2.27. The quantitative estimate of drug-likeness (QED) is 0.560. The molecule has 3 heterocycles. The fourth-order valence-corrected chi connectivity index (χ4v) is 3.87. The first-order valence-electron chi connectivity index (χ1n) is 9.47. The zero-order valence-corrected chi connectivity index (χ0v) is 15.5. The number of fused-ring (bicyclic) bond motifs is 2. The summed E-state index contributed by atoms with van der Waals surface area (Å²) in [5.41, 5.74) is 6.15. The molecule has 1 aliphatic heterocycles. The number of aryl methyl sites for hydroxylation is 1. The van der Waals surface area contributed by atoms with Crippen LogP contribution in [0, 0.1) is 6.92 Å². The SMILES string of the molecule is Cc1ccc(Cn2c(CN3CCn4cncc4C3)nc3ccccc32)cc1. The minimum Gasteiger partial charge on any atom is -0.332 e. The van der Waals surface area contributed by atoms with Gasteiger partial charge < -0.3 is 9.13 Å². The minimum atomic E-state index is 0.849. The van der Waals surface area contributed by atoms with Gasteiger partial charge in [0.05, 0.1) is 29.6 Å². The van der Waals surface area contributed by atoms with E-state index in [0.717, 1.165) is 44.1 Å². The molecule has 0 radical (unpaired) electrons. The van der Waals surface area contributed by atoms with Crippen LogP contribution in [0.5, 0.6) is 0 Å². The smallest absolute Gasteiger partial charge is 0.124 e. The third kappa shape index (κ3) is 3.15. The zero-order valence-electron chi connectivity index (χ0n) is 15.5. The minimum absolute atomic E-state index is 0.849. The van der Waals surface area contributed by atoms with Crippen LogP contribution in [0.25, 0.3) is 11.0 Å². The Morgan fingerprint density at radius 3 is 2.70 bits per heavy atom. The van der Waals surface area contributed by atoms with Crippen LogP contribution in [-0.2, 0) is 26.2 Å². The summed E-state index contributed by atoms with van der Waals surface area (Å²) >= 11 is 0. The molecule has 4 aromatic rings. The highest BCUT2D eigenvalue weighted by molar-refractivity contribution is 5.76. The lowest BCUT2D eigenvalue weighted by atomic mass is 10.1. The van der Waals surface area contributed by atoms with Gasteiger partial charge in [-0.2, -0.15) is 0 Å². The molecule has 27 heavy (non-hydrogen) atoms. The summed E-state index contributed by atoms with van der Waals surface area (Å²) in [7, 11) is 0. The molecule has 0 amide bonds. The van der Waals surface area contributed by atoms with Crippen LogP contribution >= 0.6 is 0 Å². The fraction of sp³-hybridized carbons (Fsp3) is 0.273. The van der Waals surface area contributed by atoms with Gasteiger partial charge in [-0.25, -0.2) is 9.97 Å². The van der Waals surface area contributed by atoms with Crippen LogP contribution in [-0.4, -0.2) is 30.5 Å². The van der Waals surface area contributed by atoms with Gasteiger partial charge in [-0.1, -0.05) is 42.0 Å². The van der Waals surface area contributed by atoms with E-state index in [4.69, 9.17) is 4.98 Å². The van der Waals surface area contributed by atoms with E-state index >= 15 is 0 Å². The Labute approximate surface area is 158 Å². The predicted octanol–water partition coefficient (Wildman–Crippen LogP) is 3.61. The Morgan fingerprint density at radius 2 is 1.81 bits per heavy atom. The van der Waals surface area contributed by atoms with Crippen molar-refractivity contribution in [2.75, 3.05) is 6.54 Å². The van der Waals surface area contributed by atoms with Crippen LogP contribution in [0.15, 0.2) is 61.1 Å². The normalized spacial score (nSPS) is 14.6. The maximum Gasteiger partial charge on any atom is 0.124 e. The molecule has 136 valence electrons. The van der Waals surface area contributed by atoms with E-state index in [1.165, 1.54) is 22.3 Å². The molecule has 5 rings (SSSR count). The van der Waals surface area contributed by atoms with Crippen LogP contribution in [0.1, 0.15) is 22.6 Å². The van der Waals surface area contributed by atoms with E-state index in [1.807, 2.05) is 12.5 Å². The van der Waals surface area contributed by atoms with Crippen molar-refractivity contribution in [2.24, 2.45) is 0 Å². The Kier molecular flexibility index (Phi) is 4.02. The molecule has 0 saturated heterocycles. The summed E-state index contributed by atoms with van der Waals surface area (Å²) in [6.45, 7) is 6.77. The highest BCUT2D eigenvalue weighted by Gasteiger charge is 2.19. The second kappa shape index (κ2) is 6.67. The van der Waals surface area contributed by atoms with Crippen molar-refractivity contribution in [3.8, 4) is 0 Å². The number of benzene rings is 2. The van der Waals surface area contributed by atoms with Gasteiger partial charge in [0, 0.05) is 32.4 Å². The summed E-state index contributed by atoms with van der Waals surface area (Å²) < 4.78 is 4.61. The standard InChI is InChI=1S/C22H23N5/c1-17-6-8-18(9-7-17)13-27-21-5-3-2-4-20(21)24-22(27)15-25-10-11-26-16-23-12-19(26)14-25/h2-9,12,16H,10-11,13-15H2,1H3. The zero-order chi connectivity index (χ0) is 18.2. The molecular formula is C22H23N5. The second-order valence-electron chi connectivity index (χ2n) is 7.38. The molecule has 0 bridgehead atoms. The predicted molar refractivity (Wildman–Crippen MR) is 106 cm³/mol. The van der Waals surface area contributed by atoms with Crippen LogP contribution in [0.2, 0.25) is 0 Å². The van der Waals surface area contributed by atoms with Crippen molar-refractivity contribution in [1.29, 1.82) is 0 Å². The average molecular weight is 357 g/mol. The highest BCUT2D eigenvalue weighted by Crippen LogP contribution is 2.21. The average Bonchev–Trinajstić information content (AvgIpc) is 3.28. The maximum absolute atomic E-state index is 4.96. The molecule has 0 fully saturated rings. The molecule has 2 aromatic carbocycles. The number of hydrogen-bond donors (Lipinski definition) is 0. The Morgan fingerprint density at radius 1 is 0.963 bits per heavy atom. The van der Waals surface area contributed by atoms with E-state index in [0.29, 0.717) is 0 Å². The van der Waals surface area contributed by atoms with Gasteiger partial charge in [-0.3, -0.25) is 4.90 Å². The topological polar surface area (TPSA) is 38.9 Å². The number of hydrogen-bond acceptors (Lipinski definition) is 3. The Balaban J connectivity index is 1.47. The molecule has 0 saturated carbocycles. The number of aromatic nitrogens is 4. The van der Waals surface area contributed by atoms with E-state index in [1.54, 1.807) is 0 Å². The molecule has 0 unspecified atom stereocenters. The van der Waals surface area contributed by atoms with Crippen LogP contribution < -0.4 is 0 Å². The van der Waals surface area contributed by atoms with Gasteiger partial charge in [-0.15, -0.1) is 0 Å². The number of rotatable bonds is 4. The monoisotopic (exact) mass is 357 g/mol. The van der Waals surface area contributed by atoms with E-state index < -0.39 is 0 Å². The van der Waals surface area contributed by atoms with Crippen LogP contribution in [0.4, 0.5) is 0 Å². The van der Waals surface area contributed by atoms with Gasteiger partial charge >= 0.3 is 0 Å². The Hall–Kier alpha value is -2.92. The van der Waals surface area contributed by atoms with E-state index in [-0.39, 0.29) is 0 Å². The molecule has 5 heteroatoms. The summed E-state index contributed by atoms with van der Waals surface area (Å²) in [5, 5.41) is 0. The maximum atomic E-state index is 4.96. The lowest BCUT2D eigenvalue weighted by Crippen LogP contribution is -2.33. The molecule has 1 aliphatic rings. The van der Waals surface area contributed by atoms with E-state index in [2.05, 4.69) is 74.5 Å². The number of nitrogens with zero attached hydrogens (tertiary/aromatic N) is 5. The largest absolute Gasteiger partial charge is 0.332 e. The molecule has 2 aromatic heterocycles.